The second kappa shape index (κ2) is 7.59. The van der Waals surface area contributed by atoms with Crippen LogP contribution in [-0.2, 0) is 4.74 Å². The number of ether oxygens (including phenoxy) is 1. The third-order valence-electron chi connectivity index (χ3n) is 4.57. The summed E-state index contributed by atoms with van der Waals surface area (Å²) in [5.74, 6) is 0.193. The summed E-state index contributed by atoms with van der Waals surface area (Å²) in [5, 5.41) is 12.6. The molecule has 1 aromatic heterocycles. The lowest BCUT2D eigenvalue weighted by Crippen LogP contribution is -2.35. The number of imidazole rings is 1. The first kappa shape index (κ1) is 16.7. The first-order valence-electron chi connectivity index (χ1n) is 8.25. The Balaban J connectivity index is 1.73. The molecule has 6 heteroatoms. The van der Waals surface area contributed by atoms with Crippen LogP contribution in [0.25, 0.3) is 5.69 Å². The van der Waals surface area contributed by atoms with Crippen molar-refractivity contribution in [3.8, 4) is 5.69 Å². The summed E-state index contributed by atoms with van der Waals surface area (Å²) in [6.07, 6.45) is 6.11. The van der Waals surface area contributed by atoms with E-state index >= 15 is 0 Å². The van der Waals surface area contributed by atoms with E-state index in [1.54, 1.807) is 12.5 Å². The quantitative estimate of drug-likeness (QED) is 0.843. The van der Waals surface area contributed by atoms with Gasteiger partial charge in [0, 0.05) is 44.7 Å². The summed E-state index contributed by atoms with van der Waals surface area (Å²) in [6, 6.07) is 5.76. The van der Waals surface area contributed by atoms with E-state index in [4.69, 9.17) is 4.74 Å². The number of hydrogen-bond donors (Lipinski definition) is 2. The van der Waals surface area contributed by atoms with Crippen molar-refractivity contribution in [3.63, 3.8) is 0 Å². The summed E-state index contributed by atoms with van der Waals surface area (Å²) < 4.78 is 7.20. The predicted molar refractivity (Wildman–Crippen MR) is 90.1 cm³/mol. The number of rotatable bonds is 6. The van der Waals surface area contributed by atoms with E-state index < -0.39 is 0 Å². The highest BCUT2D eigenvalue weighted by Crippen LogP contribution is 2.22. The maximum Gasteiger partial charge on any atom is 0.253 e. The second-order valence-electron chi connectivity index (χ2n) is 6.27. The minimum Gasteiger partial charge on any atom is -0.396 e. The van der Waals surface area contributed by atoms with Crippen molar-refractivity contribution in [3.05, 3.63) is 48.0 Å². The van der Waals surface area contributed by atoms with Gasteiger partial charge in [-0.15, -0.1) is 0 Å². The Morgan fingerprint density at radius 2 is 2.42 bits per heavy atom. The molecule has 1 aliphatic rings. The number of hydrogen-bond acceptors (Lipinski definition) is 4. The van der Waals surface area contributed by atoms with E-state index in [0.717, 1.165) is 24.3 Å². The van der Waals surface area contributed by atoms with Crippen LogP contribution in [0.5, 0.6) is 0 Å². The van der Waals surface area contributed by atoms with Crippen LogP contribution in [0.2, 0.25) is 0 Å². The van der Waals surface area contributed by atoms with Gasteiger partial charge in [0.2, 0.25) is 0 Å². The zero-order valence-corrected chi connectivity index (χ0v) is 13.8. The lowest BCUT2D eigenvalue weighted by atomic mass is 9.92. The molecule has 1 fully saturated rings. The van der Waals surface area contributed by atoms with Crippen LogP contribution in [0.1, 0.15) is 22.3 Å². The van der Waals surface area contributed by atoms with E-state index in [0.29, 0.717) is 24.6 Å². The molecule has 2 N–H and O–H groups in total. The number of aliphatic hydroxyl groups is 1. The number of aromatic nitrogens is 2. The Kier molecular flexibility index (Phi) is 5.27. The number of nitrogens with zero attached hydrogens (tertiary/aromatic N) is 2. The Bertz CT molecular complexity index is 679. The first-order chi connectivity index (χ1) is 11.7. The van der Waals surface area contributed by atoms with Gasteiger partial charge in [-0.3, -0.25) is 4.79 Å². The van der Waals surface area contributed by atoms with Gasteiger partial charge in [0.15, 0.2) is 0 Å². The number of carbonyl (C=O) groups is 1. The highest BCUT2D eigenvalue weighted by molar-refractivity contribution is 5.98. The predicted octanol–water partition coefficient (Wildman–Crippen LogP) is 1.56. The molecule has 1 saturated heterocycles. The molecule has 0 radical (unpaired) electrons. The van der Waals surface area contributed by atoms with Crippen molar-refractivity contribution in [2.24, 2.45) is 11.8 Å². The van der Waals surface area contributed by atoms with Crippen LogP contribution in [-0.4, -0.2) is 46.9 Å². The van der Waals surface area contributed by atoms with Crippen molar-refractivity contribution < 1.29 is 14.6 Å². The summed E-state index contributed by atoms with van der Waals surface area (Å²) in [5.41, 5.74) is 2.42. The number of amides is 1. The molecule has 0 saturated carbocycles. The number of aryl methyl sites for hydroxylation is 1. The third kappa shape index (κ3) is 3.66. The maximum atomic E-state index is 12.7. The van der Waals surface area contributed by atoms with Gasteiger partial charge in [0.1, 0.15) is 0 Å². The number of aliphatic hydroxyl groups excluding tert-OH is 1. The van der Waals surface area contributed by atoms with Crippen LogP contribution in [0.15, 0.2) is 36.9 Å². The largest absolute Gasteiger partial charge is 0.396 e. The first-order valence-corrected chi connectivity index (χ1v) is 8.25. The summed E-state index contributed by atoms with van der Waals surface area (Å²) in [4.78, 5) is 16.7. The van der Waals surface area contributed by atoms with Crippen LogP contribution in [0, 0.1) is 18.8 Å². The minimum absolute atomic E-state index is 0.0259. The van der Waals surface area contributed by atoms with Gasteiger partial charge in [-0.25, -0.2) is 4.98 Å². The van der Waals surface area contributed by atoms with E-state index in [2.05, 4.69) is 10.3 Å². The Morgan fingerprint density at radius 3 is 3.08 bits per heavy atom. The summed E-state index contributed by atoms with van der Waals surface area (Å²) in [7, 11) is 0. The standard InChI is InChI=1S/C18H23N3O3/c1-13-2-3-17(21-6-5-19-12-21)16(8-13)18(23)20-9-15(10-22)14-4-7-24-11-14/h2-3,5-6,8,12,14-15,22H,4,7,9-11H2,1H3,(H,20,23)/t14-,15-/m0/s1. The second-order valence-corrected chi connectivity index (χ2v) is 6.27. The van der Waals surface area contributed by atoms with Crippen LogP contribution < -0.4 is 5.32 Å². The number of nitrogens with one attached hydrogen (secondary N) is 1. The summed E-state index contributed by atoms with van der Waals surface area (Å²) in [6.45, 7) is 3.85. The number of benzene rings is 1. The van der Waals surface area contributed by atoms with Crippen LogP contribution in [0.3, 0.4) is 0 Å². The molecule has 2 heterocycles. The minimum atomic E-state index is -0.139. The van der Waals surface area contributed by atoms with Crippen molar-refractivity contribution >= 4 is 5.91 Å². The van der Waals surface area contributed by atoms with Crippen molar-refractivity contribution in [1.29, 1.82) is 0 Å². The molecule has 1 amide bonds. The van der Waals surface area contributed by atoms with Crippen LogP contribution >= 0.6 is 0 Å². The molecule has 3 rings (SSSR count). The van der Waals surface area contributed by atoms with Crippen molar-refractivity contribution in [1.82, 2.24) is 14.9 Å². The molecule has 0 bridgehead atoms. The Morgan fingerprint density at radius 1 is 1.54 bits per heavy atom. The average molecular weight is 329 g/mol. The van der Waals surface area contributed by atoms with E-state index in [1.165, 1.54) is 0 Å². The molecular weight excluding hydrogens is 306 g/mol. The highest BCUT2D eigenvalue weighted by atomic mass is 16.5. The van der Waals surface area contributed by atoms with Gasteiger partial charge >= 0.3 is 0 Å². The van der Waals surface area contributed by atoms with Crippen molar-refractivity contribution in [2.75, 3.05) is 26.4 Å². The van der Waals surface area contributed by atoms with Gasteiger partial charge in [0.25, 0.3) is 5.91 Å². The molecule has 2 aromatic rings. The monoisotopic (exact) mass is 329 g/mol. The van der Waals surface area contributed by atoms with E-state index in [1.807, 2.05) is 35.9 Å². The third-order valence-corrected chi connectivity index (χ3v) is 4.57. The normalized spacial score (nSPS) is 18.5. The van der Waals surface area contributed by atoms with Gasteiger partial charge in [-0.1, -0.05) is 11.6 Å². The Labute approximate surface area is 141 Å². The topological polar surface area (TPSA) is 76.4 Å². The molecule has 128 valence electrons. The van der Waals surface area contributed by atoms with Gasteiger partial charge in [-0.05, 0) is 31.4 Å². The van der Waals surface area contributed by atoms with Gasteiger partial charge in [0.05, 0.1) is 17.6 Å². The molecule has 0 aliphatic carbocycles. The molecule has 0 unspecified atom stereocenters. The van der Waals surface area contributed by atoms with E-state index in [-0.39, 0.29) is 18.4 Å². The maximum absolute atomic E-state index is 12.7. The lowest BCUT2D eigenvalue weighted by Gasteiger charge is -2.21. The van der Waals surface area contributed by atoms with Crippen LogP contribution in [0.4, 0.5) is 0 Å². The molecule has 2 atom stereocenters. The fourth-order valence-corrected chi connectivity index (χ4v) is 3.08. The lowest BCUT2D eigenvalue weighted by molar-refractivity contribution is 0.0917. The number of carbonyl (C=O) groups excluding carboxylic acids is 1. The SMILES string of the molecule is Cc1ccc(-n2ccnc2)c(C(=O)NC[C@@H](CO)[C@H]2CCOC2)c1. The molecule has 0 spiro atoms. The van der Waals surface area contributed by atoms with Crippen molar-refractivity contribution in [2.45, 2.75) is 13.3 Å². The Hall–Kier alpha value is -2.18. The zero-order valence-electron chi connectivity index (χ0n) is 13.8. The fraction of sp³-hybridized carbons (Fsp3) is 0.444. The van der Waals surface area contributed by atoms with Gasteiger partial charge < -0.3 is 19.7 Å². The highest BCUT2D eigenvalue weighted by Gasteiger charge is 2.26. The molecule has 1 aromatic carbocycles. The fourth-order valence-electron chi connectivity index (χ4n) is 3.08. The average Bonchev–Trinajstić information content (AvgIpc) is 3.29. The smallest absolute Gasteiger partial charge is 0.253 e. The van der Waals surface area contributed by atoms with E-state index in [9.17, 15) is 9.90 Å². The molecular formula is C18H23N3O3. The summed E-state index contributed by atoms with van der Waals surface area (Å²) >= 11 is 0. The molecule has 24 heavy (non-hydrogen) atoms. The molecule has 6 nitrogen and oxygen atoms in total. The van der Waals surface area contributed by atoms with Gasteiger partial charge in [-0.2, -0.15) is 0 Å². The zero-order chi connectivity index (χ0) is 16.9. The molecule has 1 aliphatic heterocycles.